The molecule has 0 spiro atoms. The molecule has 1 aromatic rings. The average Bonchev–Trinajstić information content (AvgIpc) is 3.48. The van der Waals surface area contributed by atoms with Crippen LogP contribution in [0.25, 0.3) is 0 Å². The van der Waals surface area contributed by atoms with E-state index >= 15 is 0 Å². The smallest absolute Gasteiger partial charge is 0.268 e. The highest BCUT2D eigenvalue weighted by Gasteiger charge is 2.47. The normalized spacial score (nSPS) is 33.7. The number of aliphatic hydroxyl groups is 1. The Morgan fingerprint density at radius 2 is 1.94 bits per heavy atom. The Balaban J connectivity index is 0.000000179. The van der Waals surface area contributed by atoms with Gasteiger partial charge < -0.3 is 25.0 Å². The quantitative estimate of drug-likeness (QED) is 0.458. The van der Waals surface area contributed by atoms with Crippen molar-refractivity contribution in [3.05, 3.63) is 5.76 Å². The molecule has 3 N–H and O–H groups in total. The summed E-state index contributed by atoms with van der Waals surface area (Å²) in [7, 11) is 2.06. The number of rotatable bonds is 7. The monoisotopic (exact) mass is 507 g/mol. The number of ether oxygens (including phenoxy) is 1. The molecule has 35 heavy (non-hydrogen) atoms. The summed E-state index contributed by atoms with van der Waals surface area (Å²) in [6, 6.07) is 0.623. The molecule has 5 atom stereocenters. The average molecular weight is 508 g/mol. The van der Waals surface area contributed by atoms with Gasteiger partial charge in [0, 0.05) is 11.3 Å². The number of carbonyl (C=O) groups excluding carboxylic acids is 1. The van der Waals surface area contributed by atoms with Gasteiger partial charge in [0.05, 0.1) is 12.2 Å². The van der Waals surface area contributed by atoms with E-state index in [-0.39, 0.29) is 5.60 Å². The molecule has 4 aliphatic rings. The van der Waals surface area contributed by atoms with E-state index in [0.29, 0.717) is 53.2 Å². The van der Waals surface area contributed by atoms with Gasteiger partial charge in [-0.15, -0.1) is 11.8 Å². The number of aromatic nitrogens is 1. The minimum absolute atomic E-state index is 0.312. The molecule has 2 bridgehead atoms. The van der Waals surface area contributed by atoms with Crippen molar-refractivity contribution in [1.82, 2.24) is 15.8 Å². The third kappa shape index (κ3) is 7.02. The van der Waals surface area contributed by atoms with Gasteiger partial charge in [0.1, 0.15) is 4.90 Å². The molecule has 5 unspecified atom stereocenters. The molecule has 8 heteroatoms. The van der Waals surface area contributed by atoms with Gasteiger partial charge in [-0.2, -0.15) is 0 Å². The molecule has 0 amide bonds. The first-order valence-electron chi connectivity index (χ1n) is 13.8. The lowest BCUT2D eigenvalue weighted by molar-refractivity contribution is -0.0919. The van der Waals surface area contributed by atoms with Gasteiger partial charge in [-0.25, -0.2) is 0 Å². The number of nitrogens with one attached hydrogen (secondary N) is 2. The van der Waals surface area contributed by atoms with E-state index in [0.717, 1.165) is 56.4 Å². The molecule has 3 aliphatic carbocycles. The largest absolute Gasteiger partial charge is 0.474 e. The summed E-state index contributed by atoms with van der Waals surface area (Å²) in [6.07, 6.45) is 12.2. The van der Waals surface area contributed by atoms with Crippen LogP contribution >= 0.6 is 11.8 Å². The highest BCUT2D eigenvalue weighted by Crippen LogP contribution is 2.47. The SMILES string of the molecule is CNC1C(C)CC2(O)CC(C)CC1C2.O=Cc1onc(OCC2CCNCC2)c1SC1CCCC1. The summed E-state index contributed by atoms with van der Waals surface area (Å²) in [4.78, 5) is 11.9. The van der Waals surface area contributed by atoms with Crippen LogP contribution in [0, 0.1) is 23.7 Å². The number of piperidine rings is 1. The summed E-state index contributed by atoms with van der Waals surface area (Å²) in [5.74, 6) is 3.39. The molecule has 2 heterocycles. The fourth-order valence-corrected chi connectivity index (χ4v) is 8.33. The van der Waals surface area contributed by atoms with Gasteiger partial charge in [-0.05, 0) is 100 Å². The van der Waals surface area contributed by atoms with Crippen LogP contribution in [0.4, 0.5) is 0 Å². The molecule has 198 valence electrons. The predicted molar refractivity (Wildman–Crippen MR) is 139 cm³/mol. The van der Waals surface area contributed by atoms with Crippen LogP contribution in [-0.4, -0.2) is 60.2 Å². The molecular weight excluding hydrogens is 462 g/mol. The number of hydrogen-bond acceptors (Lipinski definition) is 8. The summed E-state index contributed by atoms with van der Waals surface area (Å²) in [5, 5.41) is 21.7. The summed E-state index contributed by atoms with van der Waals surface area (Å²) >= 11 is 1.70. The van der Waals surface area contributed by atoms with Crippen LogP contribution < -0.4 is 15.4 Å². The van der Waals surface area contributed by atoms with Gasteiger partial charge in [0.2, 0.25) is 5.76 Å². The van der Waals surface area contributed by atoms with Gasteiger partial charge >= 0.3 is 0 Å². The Labute approximate surface area is 214 Å². The molecule has 3 saturated carbocycles. The first-order valence-corrected chi connectivity index (χ1v) is 14.6. The third-order valence-corrected chi connectivity index (χ3v) is 9.90. The minimum Gasteiger partial charge on any atom is -0.474 e. The van der Waals surface area contributed by atoms with Crippen LogP contribution in [0.5, 0.6) is 5.88 Å². The molecule has 1 saturated heterocycles. The van der Waals surface area contributed by atoms with Crippen LogP contribution in [0.1, 0.15) is 88.6 Å². The number of aldehydes is 1. The second kappa shape index (κ2) is 12.4. The summed E-state index contributed by atoms with van der Waals surface area (Å²) in [6.45, 7) is 7.31. The van der Waals surface area contributed by atoms with Gasteiger partial charge in [0.15, 0.2) is 6.29 Å². The first kappa shape index (κ1) is 27.0. The fourth-order valence-electron chi connectivity index (χ4n) is 7.03. The maximum atomic E-state index is 11.1. The van der Waals surface area contributed by atoms with Crippen molar-refractivity contribution in [2.24, 2.45) is 23.7 Å². The van der Waals surface area contributed by atoms with Crippen molar-refractivity contribution >= 4 is 18.0 Å². The Morgan fingerprint density at radius 3 is 2.63 bits per heavy atom. The zero-order chi connectivity index (χ0) is 24.8. The standard InChI is InChI=1S/C15H22N2O3S.C12H23NO/c18-9-13-14(21-12-3-1-2-4-12)15(17-20-13)19-10-11-5-7-16-8-6-11;1-8-4-10-7-12(14,5-8)6-9(2)11(10)13-3/h9,11-12,16H,1-8,10H2;8-11,13-14H,4-7H2,1-3H3. The zero-order valence-corrected chi connectivity index (χ0v) is 22.6. The van der Waals surface area contributed by atoms with Crippen molar-refractivity contribution < 1.29 is 19.2 Å². The molecule has 1 aromatic heterocycles. The molecule has 4 fully saturated rings. The Kier molecular flexibility index (Phi) is 9.58. The van der Waals surface area contributed by atoms with E-state index in [1.165, 1.54) is 32.1 Å². The van der Waals surface area contributed by atoms with E-state index in [9.17, 15) is 9.90 Å². The minimum atomic E-state index is -0.338. The van der Waals surface area contributed by atoms with Crippen LogP contribution in [0.2, 0.25) is 0 Å². The lowest BCUT2D eigenvalue weighted by atomic mass is 9.60. The highest BCUT2D eigenvalue weighted by molar-refractivity contribution is 8.00. The highest BCUT2D eigenvalue weighted by atomic mass is 32.2. The Hall–Kier alpha value is -1.09. The van der Waals surface area contributed by atoms with E-state index in [1.807, 2.05) is 0 Å². The van der Waals surface area contributed by atoms with Crippen LogP contribution in [0.15, 0.2) is 9.42 Å². The van der Waals surface area contributed by atoms with E-state index < -0.39 is 0 Å². The second-order valence-corrected chi connectivity index (χ2v) is 12.9. The Bertz CT molecular complexity index is 804. The van der Waals surface area contributed by atoms with E-state index in [2.05, 4.69) is 36.7 Å². The van der Waals surface area contributed by atoms with Crippen molar-refractivity contribution in [1.29, 1.82) is 0 Å². The van der Waals surface area contributed by atoms with Crippen molar-refractivity contribution in [2.45, 2.75) is 99.8 Å². The van der Waals surface area contributed by atoms with E-state index in [4.69, 9.17) is 9.26 Å². The summed E-state index contributed by atoms with van der Waals surface area (Å²) in [5.41, 5.74) is -0.338. The van der Waals surface area contributed by atoms with Crippen LogP contribution in [-0.2, 0) is 0 Å². The van der Waals surface area contributed by atoms with Gasteiger partial charge in [-0.1, -0.05) is 26.7 Å². The lowest BCUT2D eigenvalue weighted by Gasteiger charge is -2.51. The maximum Gasteiger partial charge on any atom is 0.268 e. The van der Waals surface area contributed by atoms with Gasteiger partial charge in [-0.3, -0.25) is 4.79 Å². The van der Waals surface area contributed by atoms with E-state index in [1.54, 1.807) is 11.8 Å². The molecular formula is C27H45N3O4S. The number of carbonyl (C=O) groups is 1. The van der Waals surface area contributed by atoms with Crippen LogP contribution in [0.3, 0.4) is 0 Å². The fraction of sp³-hybridized carbons (Fsp3) is 0.852. The molecule has 0 aromatic carbocycles. The summed E-state index contributed by atoms with van der Waals surface area (Å²) < 4.78 is 11.0. The van der Waals surface area contributed by atoms with Crippen molar-refractivity contribution in [3.63, 3.8) is 0 Å². The molecule has 7 nitrogen and oxygen atoms in total. The molecule has 5 rings (SSSR count). The number of thioether (sulfide) groups is 1. The number of nitrogens with zero attached hydrogens (tertiary/aromatic N) is 1. The topological polar surface area (TPSA) is 96.6 Å². The maximum absolute atomic E-state index is 11.1. The van der Waals surface area contributed by atoms with Gasteiger partial charge in [0.25, 0.3) is 5.88 Å². The second-order valence-electron chi connectivity index (χ2n) is 11.6. The Morgan fingerprint density at radius 1 is 1.20 bits per heavy atom. The van der Waals surface area contributed by atoms with Crippen molar-refractivity contribution in [2.75, 3.05) is 26.7 Å². The number of fused-ring (bicyclic) bond motifs is 2. The first-order chi connectivity index (χ1) is 16.9. The molecule has 0 radical (unpaired) electrons. The molecule has 1 aliphatic heterocycles. The number of hydrogen-bond donors (Lipinski definition) is 3. The van der Waals surface area contributed by atoms with Crippen molar-refractivity contribution in [3.8, 4) is 5.88 Å². The predicted octanol–water partition coefficient (Wildman–Crippen LogP) is 4.68. The third-order valence-electron chi connectivity index (χ3n) is 8.49. The lowest BCUT2D eigenvalue weighted by Crippen LogP contribution is -2.54. The zero-order valence-electron chi connectivity index (χ0n) is 21.8.